The monoisotopic (exact) mass is 454 g/mol. The number of piperidine rings is 1. The third-order valence-corrected chi connectivity index (χ3v) is 7.03. The molecule has 6 heteroatoms. The summed E-state index contributed by atoms with van der Waals surface area (Å²) < 4.78 is 5.31. The smallest absolute Gasteiger partial charge is 0.423 e. The molecule has 0 unspecified atom stereocenters. The quantitative estimate of drug-likeness (QED) is 0.558. The Morgan fingerprint density at radius 3 is 2.68 bits per heavy atom. The van der Waals surface area contributed by atoms with Gasteiger partial charge in [0.2, 0.25) is 0 Å². The van der Waals surface area contributed by atoms with E-state index < -0.39 is 7.12 Å². The molecule has 1 fully saturated rings. The maximum atomic E-state index is 13.3. The largest absolute Gasteiger partial charge is 0.491 e. The normalized spacial score (nSPS) is 16.1. The minimum absolute atomic E-state index is 0.0983. The zero-order valence-electron chi connectivity index (χ0n) is 19.7. The zero-order valence-corrected chi connectivity index (χ0v) is 19.7. The Bertz CT molecular complexity index is 1170. The number of nitrogens with one attached hydrogen (secondary N) is 1. The molecule has 3 aromatic carbocycles. The standard InChI is InChI=1S/C28H31BN2O3/c1-2-30-18-20-5-3-6-22(15-20)21-11-13-31(14-12-21)28(32)25-8-4-7-23(16-25)24-9-10-27-26(17-24)19-34-29(27)33/h3-10,15-17,21,30,33H,2,11-14,18-19H2,1H3. The van der Waals surface area contributed by atoms with Gasteiger partial charge in [-0.2, -0.15) is 0 Å². The van der Waals surface area contributed by atoms with E-state index in [0.717, 1.165) is 66.7 Å². The second-order valence-corrected chi connectivity index (χ2v) is 9.25. The molecule has 2 N–H and O–H groups in total. The molecular weight excluding hydrogens is 423 g/mol. The predicted octanol–water partition coefficient (Wildman–Crippen LogP) is 3.70. The van der Waals surface area contributed by atoms with Crippen molar-refractivity contribution in [3.8, 4) is 11.1 Å². The highest BCUT2D eigenvalue weighted by Crippen LogP contribution is 2.30. The van der Waals surface area contributed by atoms with Gasteiger partial charge < -0.3 is 19.9 Å². The van der Waals surface area contributed by atoms with Crippen LogP contribution in [0.5, 0.6) is 0 Å². The number of rotatable bonds is 6. The lowest BCUT2D eigenvalue weighted by Gasteiger charge is -2.32. The molecule has 2 aliphatic rings. The SMILES string of the molecule is CCNCc1cccc(C2CCN(C(=O)c3cccc(-c4ccc5c(c4)COB5O)c3)CC2)c1. The summed E-state index contributed by atoms with van der Waals surface area (Å²) in [6, 6.07) is 22.7. The number of carbonyl (C=O) groups excluding carboxylic acids is 1. The van der Waals surface area contributed by atoms with Crippen LogP contribution in [0.2, 0.25) is 0 Å². The lowest BCUT2D eigenvalue weighted by atomic mass is 9.79. The Balaban J connectivity index is 1.25. The van der Waals surface area contributed by atoms with Crippen molar-refractivity contribution in [1.82, 2.24) is 10.2 Å². The fourth-order valence-corrected chi connectivity index (χ4v) is 5.07. The first kappa shape index (κ1) is 22.8. The molecule has 0 aliphatic carbocycles. The van der Waals surface area contributed by atoms with Crippen molar-refractivity contribution in [2.24, 2.45) is 0 Å². The van der Waals surface area contributed by atoms with Crippen LogP contribution in [0.1, 0.15) is 52.7 Å². The van der Waals surface area contributed by atoms with Crippen molar-refractivity contribution in [3.05, 3.63) is 89.0 Å². The molecule has 34 heavy (non-hydrogen) atoms. The van der Waals surface area contributed by atoms with Crippen molar-refractivity contribution >= 4 is 18.5 Å². The third-order valence-electron chi connectivity index (χ3n) is 7.03. The molecule has 0 spiro atoms. The second-order valence-electron chi connectivity index (χ2n) is 9.25. The van der Waals surface area contributed by atoms with Crippen molar-refractivity contribution in [1.29, 1.82) is 0 Å². The van der Waals surface area contributed by atoms with Gasteiger partial charge in [-0.25, -0.2) is 0 Å². The molecule has 5 rings (SSSR count). The molecule has 0 radical (unpaired) electrons. The van der Waals surface area contributed by atoms with Gasteiger partial charge >= 0.3 is 7.12 Å². The lowest BCUT2D eigenvalue weighted by Crippen LogP contribution is -2.37. The first-order valence-corrected chi connectivity index (χ1v) is 12.2. The van der Waals surface area contributed by atoms with Crippen LogP contribution in [0.25, 0.3) is 11.1 Å². The fourth-order valence-electron chi connectivity index (χ4n) is 5.07. The van der Waals surface area contributed by atoms with E-state index >= 15 is 0 Å². The Kier molecular flexibility index (Phi) is 6.81. The maximum Gasteiger partial charge on any atom is 0.491 e. The molecule has 3 aromatic rings. The van der Waals surface area contributed by atoms with Crippen molar-refractivity contribution in [2.75, 3.05) is 19.6 Å². The van der Waals surface area contributed by atoms with Crippen molar-refractivity contribution in [3.63, 3.8) is 0 Å². The average molecular weight is 454 g/mol. The van der Waals surface area contributed by atoms with E-state index in [1.165, 1.54) is 11.1 Å². The van der Waals surface area contributed by atoms with Crippen LogP contribution in [0, 0.1) is 0 Å². The third kappa shape index (κ3) is 4.80. The van der Waals surface area contributed by atoms with Gasteiger partial charge in [0, 0.05) is 25.2 Å². The molecule has 0 bridgehead atoms. The van der Waals surface area contributed by atoms with Gasteiger partial charge in [-0.3, -0.25) is 4.79 Å². The van der Waals surface area contributed by atoms with Gasteiger partial charge in [-0.05, 0) is 76.8 Å². The van der Waals surface area contributed by atoms with Gasteiger partial charge in [-0.15, -0.1) is 0 Å². The Hall–Kier alpha value is -2.93. The van der Waals surface area contributed by atoms with Crippen LogP contribution < -0.4 is 10.8 Å². The van der Waals surface area contributed by atoms with E-state index in [0.29, 0.717) is 12.5 Å². The van der Waals surface area contributed by atoms with Gasteiger partial charge in [-0.1, -0.05) is 55.5 Å². The number of likely N-dealkylation sites (tertiary alicyclic amines) is 1. The average Bonchev–Trinajstić information content (AvgIpc) is 3.27. The Morgan fingerprint density at radius 1 is 1.06 bits per heavy atom. The van der Waals surface area contributed by atoms with Crippen LogP contribution in [0.3, 0.4) is 0 Å². The molecule has 174 valence electrons. The molecule has 5 nitrogen and oxygen atoms in total. The fraction of sp³-hybridized carbons (Fsp3) is 0.321. The minimum atomic E-state index is -0.838. The van der Waals surface area contributed by atoms with Gasteiger partial charge in [0.25, 0.3) is 5.91 Å². The molecule has 0 saturated carbocycles. The van der Waals surface area contributed by atoms with Crippen LogP contribution in [-0.4, -0.2) is 42.6 Å². The van der Waals surface area contributed by atoms with Gasteiger partial charge in [0.1, 0.15) is 0 Å². The minimum Gasteiger partial charge on any atom is -0.423 e. The van der Waals surface area contributed by atoms with E-state index in [1.54, 1.807) is 0 Å². The summed E-state index contributed by atoms with van der Waals surface area (Å²) in [6.07, 6.45) is 1.98. The summed E-state index contributed by atoms with van der Waals surface area (Å²) >= 11 is 0. The second kappa shape index (κ2) is 10.1. The number of hydrogen-bond acceptors (Lipinski definition) is 4. The summed E-state index contributed by atoms with van der Waals surface area (Å²) in [5.74, 6) is 0.599. The highest BCUT2D eigenvalue weighted by molar-refractivity contribution is 6.61. The number of amides is 1. The number of fused-ring (bicyclic) bond motifs is 1. The number of nitrogens with zero attached hydrogens (tertiary/aromatic N) is 1. The van der Waals surface area contributed by atoms with Gasteiger partial charge in [0.15, 0.2) is 0 Å². The van der Waals surface area contributed by atoms with E-state index in [4.69, 9.17) is 4.65 Å². The van der Waals surface area contributed by atoms with E-state index in [9.17, 15) is 9.82 Å². The summed E-state index contributed by atoms with van der Waals surface area (Å²) in [7, 11) is -0.838. The van der Waals surface area contributed by atoms with Crippen LogP contribution in [0.4, 0.5) is 0 Å². The first-order chi connectivity index (χ1) is 16.6. The van der Waals surface area contributed by atoms with Crippen molar-refractivity contribution < 1.29 is 14.5 Å². The van der Waals surface area contributed by atoms with Crippen LogP contribution in [0.15, 0.2) is 66.7 Å². The maximum absolute atomic E-state index is 13.3. The summed E-state index contributed by atoms with van der Waals surface area (Å²) in [5, 5.41) is 13.3. The summed E-state index contributed by atoms with van der Waals surface area (Å²) in [4.78, 5) is 15.3. The first-order valence-electron chi connectivity index (χ1n) is 12.2. The molecule has 2 aliphatic heterocycles. The van der Waals surface area contributed by atoms with Crippen molar-refractivity contribution in [2.45, 2.75) is 38.8 Å². The van der Waals surface area contributed by atoms with Crippen LogP contribution >= 0.6 is 0 Å². The molecule has 0 aromatic heterocycles. The molecule has 2 heterocycles. The van der Waals surface area contributed by atoms with E-state index in [-0.39, 0.29) is 5.91 Å². The highest BCUT2D eigenvalue weighted by Gasteiger charge is 2.28. The molecule has 0 atom stereocenters. The van der Waals surface area contributed by atoms with Crippen LogP contribution in [-0.2, 0) is 17.8 Å². The lowest BCUT2D eigenvalue weighted by molar-refractivity contribution is 0.0713. The molecule has 1 saturated heterocycles. The summed E-state index contributed by atoms with van der Waals surface area (Å²) in [5.41, 5.74) is 7.28. The Labute approximate surface area is 201 Å². The molecule has 1 amide bonds. The van der Waals surface area contributed by atoms with E-state index in [1.807, 2.05) is 47.4 Å². The predicted molar refractivity (Wildman–Crippen MR) is 136 cm³/mol. The number of carbonyl (C=O) groups is 1. The zero-order chi connectivity index (χ0) is 23.5. The van der Waals surface area contributed by atoms with E-state index in [2.05, 4.69) is 36.5 Å². The highest BCUT2D eigenvalue weighted by atomic mass is 16.5. The topological polar surface area (TPSA) is 61.8 Å². The number of benzene rings is 3. The van der Waals surface area contributed by atoms with Gasteiger partial charge in [0.05, 0.1) is 6.61 Å². The molecular formula is C28H31BN2O3. The Morgan fingerprint density at radius 2 is 1.85 bits per heavy atom. The summed E-state index contributed by atoms with van der Waals surface area (Å²) in [6.45, 7) is 5.96. The number of hydrogen-bond donors (Lipinski definition) is 2.